The van der Waals surface area contributed by atoms with Gasteiger partial charge in [-0.15, -0.1) is 0 Å². The number of rotatable bonds is 3. The summed E-state index contributed by atoms with van der Waals surface area (Å²) in [5.74, 6) is -0.832. The van der Waals surface area contributed by atoms with Crippen molar-refractivity contribution in [3.05, 3.63) is 35.1 Å². The fraction of sp³-hybridized carbons (Fsp3) is 0.273. The van der Waals surface area contributed by atoms with Gasteiger partial charge in [-0.1, -0.05) is 0 Å². The van der Waals surface area contributed by atoms with E-state index in [4.69, 9.17) is 0 Å². The van der Waals surface area contributed by atoms with Gasteiger partial charge in [-0.05, 0) is 30.7 Å². The second-order valence-electron chi connectivity index (χ2n) is 3.30. The molecule has 0 aliphatic carbocycles. The highest BCUT2D eigenvalue weighted by Crippen LogP contribution is 2.09. The summed E-state index contributed by atoms with van der Waals surface area (Å²) in [4.78, 5) is 22.1. The van der Waals surface area contributed by atoms with Crippen LogP contribution in [0.15, 0.2) is 18.2 Å². The molecule has 0 radical (unpaired) electrons. The lowest BCUT2D eigenvalue weighted by Gasteiger charge is -2.03. The third-order valence-electron chi connectivity index (χ3n) is 1.98. The molecule has 15 heavy (non-hydrogen) atoms. The van der Waals surface area contributed by atoms with Crippen LogP contribution in [0.5, 0.6) is 0 Å². The summed E-state index contributed by atoms with van der Waals surface area (Å²) in [5, 5.41) is 2.40. The molecule has 1 rings (SSSR count). The van der Waals surface area contributed by atoms with Crippen molar-refractivity contribution in [3.63, 3.8) is 0 Å². The van der Waals surface area contributed by atoms with Gasteiger partial charge in [0.15, 0.2) is 5.78 Å². The number of ketones is 1. The second-order valence-corrected chi connectivity index (χ2v) is 3.30. The molecule has 80 valence electrons. The fourth-order valence-corrected chi connectivity index (χ4v) is 1.12. The summed E-state index contributed by atoms with van der Waals surface area (Å²) >= 11 is 0. The molecule has 0 aliphatic heterocycles. The standard InChI is InChI=1S/C11H12FNO2/c1-7-5-9(3-4-10(7)12)11(15)6-13-8(2)14/h3-5H,6H2,1-2H3,(H,13,14). The highest BCUT2D eigenvalue weighted by atomic mass is 19.1. The minimum Gasteiger partial charge on any atom is -0.349 e. The number of amides is 1. The monoisotopic (exact) mass is 209 g/mol. The molecule has 0 heterocycles. The predicted molar refractivity (Wildman–Crippen MR) is 54.2 cm³/mol. The highest BCUT2D eigenvalue weighted by Gasteiger charge is 2.07. The molecule has 0 unspecified atom stereocenters. The van der Waals surface area contributed by atoms with E-state index in [1.165, 1.54) is 25.1 Å². The zero-order chi connectivity index (χ0) is 11.4. The Bertz CT molecular complexity index is 402. The van der Waals surface area contributed by atoms with Crippen molar-refractivity contribution in [1.82, 2.24) is 5.32 Å². The minimum atomic E-state index is -0.342. The Hall–Kier alpha value is -1.71. The Morgan fingerprint density at radius 3 is 2.60 bits per heavy atom. The van der Waals surface area contributed by atoms with Crippen molar-refractivity contribution in [2.45, 2.75) is 13.8 Å². The largest absolute Gasteiger partial charge is 0.349 e. The molecule has 0 saturated carbocycles. The quantitative estimate of drug-likeness (QED) is 0.766. The van der Waals surface area contributed by atoms with Crippen LogP contribution in [0.3, 0.4) is 0 Å². The van der Waals surface area contributed by atoms with Crippen LogP contribution in [-0.2, 0) is 4.79 Å². The maximum absolute atomic E-state index is 12.9. The molecule has 0 fully saturated rings. The minimum absolute atomic E-state index is 0.0552. The summed E-state index contributed by atoms with van der Waals surface area (Å²) in [6.07, 6.45) is 0. The number of nitrogens with one attached hydrogen (secondary N) is 1. The van der Waals surface area contributed by atoms with Crippen molar-refractivity contribution in [3.8, 4) is 0 Å². The maximum atomic E-state index is 12.9. The smallest absolute Gasteiger partial charge is 0.217 e. The third kappa shape index (κ3) is 3.16. The lowest BCUT2D eigenvalue weighted by atomic mass is 10.1. The first-order chi connectivity index (χ1) is 7.00. The van der Waals surface area contributed by atoms with Crippen molar-refractivity contribution in [1.29, 1.82) is 0 Å². The zero-order valence-corrected chi connectivity index (χ0v) is 8.63. The molecule has 3 nitrogen and oxygen atoms in total. The lowest BCUT2D eigenvalue weighted by Crippen LogP contribution is -2.27. The van der Waals surface area contributed by atoms with E-state index in [9.17, 15) is 14.0 Å². The molecule has 0 saturated heterocycles. The van der Waals surface area contributed by atoms with Gasteiger partial charge in [0, 0.05) is 12.5 Å². The van der Waals surface area contributed by atoms with E-state index in [0.717, 1.165) is 0 Å². The topological polar surface area (TPSA) is 46.2 Å². The van der Waals surface area contributed by atoms with Gasteiger partial charge in [0.25, 0.3) is 0 Å². The average Bonchev–Trinajstić information content (AvgIpc) is 2.18. The molecule has 4 heteroatoms. The normalized spacial score (nSPS) is 9.80. The van der Waals surface area contributed by atoms with E-state index in [-0.39, 0.29) is 24.1 Å². The first-order valence-electron chi connectivity index (χ1n) is 4.54. The Labute approximate surface area is 87.3 Å². The molecular formula is C11H12FNO2. The highest BCUT2D eigenvalue weighted by molar-refractivity contribution is 5.99. The van der Waals surface area contributed by atoms with Crippen LogP contribution in [0.4, 0.5) is 4.39 Å². The molecule has 0 aliphatic rings. The van der Waals surface area contributed by atoms with Crippen LogP contribution in [0.25, 0.3) is 0 Å². The second kappa shape index (κ2) is 4.68. The summed E-state index contributed by atoms with van der Waals surface area (Å²) in [7, 11) is 0. The summed E-state index contributed by atoms with van der Waals surface area (Å²) in [5.41, 5.74) is 0.825. The SMILES string of the molecule is CC(=O)NCC(=O)c1ccc(F)c(C)c1. The van der Waals surface area contributed by atoms with Crippen molar-refractivity contribution in [2.75, 3.05) is 6.54 Å². The van der Waals surface area contributed by atoms with Gasteiger partial charge in [-0.3, -0.25) is 9.59 Å². The summed E-state index contributed by atoms with van der Waals surface area (Å²) < 4.78 is 12.9. The van der Waals surface area contributed by atoms with E-state index in [1.54, 1.807) is 6.92 Å². The van der Waals surface area contributed by atoms with E-state index >= 15 is 0 Å². The Balaban J connectivity index is 2.74. The summed E-state index contributed by atoms with van der Waals surface area (Å²) in [6.45, 7) is 2.87. The fourth-order valence-electron chi connectivity index (χ4n) is 1.12. The van der Waals surface area contributed by atoms with Gasteiger partial charge in [-0.25, -0.2) is 4.39 Å². The van der Waals surface area contributed by atoms with Crippen LogP contribution < -0.4 is 5.32 Å². The first-order valence-corrected chi connectivity index (χ1v) is 4.54. The molecule has 0 spiro atoms. The zero-order valence-electron chi connectivity index (χ0n) is 8.63. The number of hydrogen-bond donors (Lipinski definition) is 1. The van der Waals surface area contributed by atoms with Gasteiger partial charge in [0.1, 0.15) is 5.82 Å². The Morgan fingerprint density at radius 1 is 1.40 bits per heavy atom. The molecule has 0 bridgehead atoms. The number of carbonyl (C=O) groups excluding carboxylic acids is 2. The van der Waals surface area contributed by atoms with Crippen molar-refractivity contribution in [2.24, 2.45) is 0 Å². The molecule has 1 aromatic rings. The third-order valence-corrected chi connectivity index (χ3v) is 1.98. The number of aryl methyl sites for hydroxylation is 1. The molecule has 1 amide bonds. The molecule has 0 aromatic heterocycles. The van der Waals surface area contributed by atoms with Crippen LogP contribution in [-0.4, -0.2) is 18.2 Å². The van der Waals surface area contributed by atoms with Gasteiger partial charge < -0.3 is 5.32 Å². The summed E-state index contributed by atoms with van der Waals surface area (Å²) in [6, 6.07) is 4.13. The van der Waals surface area contributed by atoms with Crippen LogP contribution >= 0.6 is 0 Å². The average molecular weight is 209 g/mol. The Kier molecular flexibility index (Phi) is 3.55. The number of Topliss-reactive ketones (excluding diaryl/α,β-unsaturated/α-hetero) is 1. The van der Waals surface area contributed by atoms with Crippen LogP contribution in [0.2, 0.25) is 0 Å². The number of benzene rings is 1. The molecule has 1 aromatic carbocycles. The first kappa shape index (κ1) is 11.4. The lowest BCUT2D eigenvalue weighted by molar-refractivity contribution is -0.118. The van der Waals surface area contributed by atoms with Gasteiger partial charge in [-0.2, -0.15) is 0 Å². The van der Waals surface area contributed by atoms with Gasteiger partial charge in [0.2, 0.25) is 5.91 Å². The predicted octanol–water partition coefficient (Wildman–Crippen LogP) is 1.45. The van der Waals surface area contributed by atoms with Crippen LogP contribution in [0, 0.1) is 12.7 Å². The van der Waals surface area contributed by atoms with Crippen LogP contribution in [0.1, 0.15) is 22.8 Å². The van der Waals surface area contributed by atoms with Gasteiger partial charge >= 0.3 is 0 Å². The van der Waals surface area contributed by atoms with E-state index < -0.39 is 0 Å². The van der Waals surface area contributed by atoms with E-state index in [2.05, 4.69) is 5.32 Å². The molecular weight excluding hydrogens is 197 g/mol. The van der Waals surface area contributed by atoms with E-state index in [1.807, 2.05) is 0 Å². The van der Waals surface area contributed by atoms with Crippen molar-refractivity contribution < 1.29 is 14.0 Å². The number of hydrogen-bond acceptors (Lipinski definition) is 2. The number of halogens is 1. The molecule has 0 atom stereocenters. The van der Waals surface area contributed by atoms with E-state index in [0.29, 0.717) is 11.1 Å². The maximum Gasteiger partial charge on any atom is 0.217 e. The molecule has 1 N–H and O–H groups in total. The van der Waals surface area contributed by atoms with Crippen molar-refractivity contribution >= 4 is 11.7 Å². The van der Waals surface area contributed by atoms with Gasteiger partial charge in [0.05, 0.1) is 6.54 Å². The number of carbonyl (C=O) groups is 2. The Morgan fingerprint density at radius 2 is 2.07 bits per heavy atom.